The molecule has 1 heteroatoms. The first kappa shape index (κ1) is 12.0. The van der Waals surface area contributed by atoms with Gasteiger partial charge in [0, 0.05) is 6.54 Å². The third-order valence-electron chi connectivity index (χ3n) is 4.20. The molecule has 0 heterocycles. The second kappa shape index (κ2) is 5.71. The SMILES string of the molecule is C1=CCC(CNCc2ccccc2C2CC2)CC1. The minimum absolute atomic E-state index is 0.850. The monoisotopic (exact) mass is 241 g/mol. The van der Waals surface area contributed by atoms with Gasteiger partial charge >= 0.3 is 0 Å². The van der Waals surface area contributed by atoms with Gasteiger partial charge in [0.15, 0.2) is 0 Å². The molecule has 1 aromatic rings. The summed E-state index contributed by atoms with van der Waals surface area (Å²) in [5.74, 6) is 1.71. The molecule has 18 heavy (non-hydrogen) atoms. The smallest absolute Gasteiger partial charge is 0.0208 e. The number of hydrogen-bond acceptors (Lipinski definition) is 1. The topological polar surface area (TPSA) is 12.0 Å². The van der Waals surface area contributed by atoms with Crippen LogP contribution in [0.3, 0.4) is 0 Å². The molecule has 0 amide bonds. The van der Waals surface area contributed by atoms with Crippen molar-refractivity contribution in [3.8, 4) is 0 Å². The maximum absolute atomic E-state index is 3.66. The van der Waals surface area contributed by atoms with Crippen LogP contribution in [0, 0.1) is 5.92 Å². The van der Waals surface area contributed by atoms with E-state index in [-0.39, 0.29) is 0 Å². The summed E-state index contributed by atoms with van der Waals surface area (Å²) in [6.45, 7) is 2.22. The molecule has 1 fully saturated rings. The molecule has 96 valence electrons. The second-order valence-electron chi connectivity index (χ2n) is 5.75. The van der Waals surface area contributed by atoms with Gasteiger partial charge in [0.25, 0.3) is 0 Å². The highest BCUT2D eigenvalue weighted by atomic mass is 14.9. The molecule has 3 rings (SSSR count). The average molecular weight is 241 g/mol. The first-order valence-electron chi connectivity index (χ1n) is 7.37. The molecule has 1 unspecified atom stereocenters. The Kier molecular flexibility index (Phi) is 3.80. The van der Waals surface area contributed by atoms with E-state index in [4.69, 9.17) is 0 Å². The van der Waals surface area contributed by atoms with Crippen molar-refractivity contribution in [3.05, 3.63) is 47.5 Å². The molecule has 1 nitrogen and oxygen atoms in total. The maximum atomic E-state index is 3.66. The van der Waals surface area contributed by atoms with Gasteiger partial charge in [-0.25, -0.2) is 0 Å². The lowest BCUT2D eigenvalue weighted by Gasteiger charge is -2.18. The van der Waals surface area contributed by atoms with E-state index >= 15 is 0 Å². The van der Waals surface area contributed by atoms with Gasteiger partial charge in [-0.15, -0.1) is 0 Å². The van der Waals surface area contributed by atoms with Gasteiger partial charge < -0.3 is 5.32 Å². The lowest BCUT2D eigenvalue weighted by Crippen LogP contribution is -2.23. The fourth-order valence-electron chi connectivity index (χ4n) is 2.94. The number of rotatable bonds is 5. The Bertz CT molecular complexity index is 417. The van der Waals surface area contributed by atoms with Crippen LogP contribution in [-0.2, 0) is 6.54 Å². The van der Waals surface area contributed by atoms with Gasteiger partial charge in [0.2, 0.25) is 0 Å². The predicted molar refractivity (Wildman–Crippen MR) is 76.6 cm³/mol. The molecule has 0 radical (unpaired) electrons. The number of allylic oxidation sites excluding steroid dienone is 2. The van der Waals surface area contributed by atoms with Crippen molar-refractivity contribution in [3.63, 3.8) is 0 Å². The largest absolute Gasteiger partial charge is 0.312 e. The van der Waals surface area contributed by atoms with Gasteiger partial charge in [0.1, 0.15) is 0 Å². The number of hydrogen-bond donors (Lipinski definition) is 1. The predicted octanol–water partition coefficient (Wildman–Crippen LogP) is 4.01. The van der Waals surface area contributed by atoms with E-state index in [0.29, 0.717) is 0 Å². The van der Waals surface area contributed by atoms with Crippen LogP contribution >= 0.6 is 0 Å². The van der Waals surface area contributed by atoms with E-state index in [1.54, 1.807) is 5.56 Å². The highest BCUT2D eigenvalue weighted by molar-refractivity contribution is 5.33. The zero-order valence-electron chi connectivity index (χ0n) is 11.1. The van der Waals surface area contributed by atoms with Crippen LogP contribution in [0.25, 0.3) is 0 Å². The summed E-state index contributed by atoms with van der Waals surface area (Å²) in [5, 5.41) is 3.66. The second-order valence-corrected chi connectivity index (χ2v) is 5.75. The molecule has 1 atom stereocenters. The Balaban J connectivity index is 1.51. The Morgan fingerprint density at radius 3 is 2.72 bits per heavy atom. The summed E-state index contributed by atoms with van der Waals surface area (Å²) in [6.07, 6.45) is 11.3. The van der Waals surface area contributed by atoms with Crippen LogP contribution in [-0.4, -0.2) is 6.54 Å². The first-order chi connectivity index (χ1) is 8.93. The van der Waals surface area contributed by atoms with E-state index in [2.05, 4.69) is 41.7 Å². The van der Waals surface area contributed by atoms with Crippen LogP contribution in [0.5, 0.6) is 0 Å². The third kappa shape index (κ3) is 3.02. The Morgan fingerprint density at radius 1 is 1.06 bits per heavy atom. The average Bonchev–Trinajstić information content (AvgIpc) is 3.25. The summed E-state index contributed by atoms with van der Waals surface area (Å²) < 4.78 is 0. The van der Waals surface area contributed by atoms with Crippen LogP contribution in [0.15, 0.2) is 36.4 Å². The molecular formula is C17H23N. The molecular weight excluding hydrogens is 218 g/mol. The van der Waals surface area contributed by atoms with Crippen LogP contribution in [0.2, 0.25) is 0 Å². The molecule has 0 bridgehead atoms. The van der Waals surface area contributed by atoms with E-state index in [9.17, 15) is 0 Å². The zero-order valence-corrected chi connectivity index (χ0v) is 11.1. The highest BCUT2D eigenvalue weighted by Gasteiger charge is 2.25. The van der Waals surface area contributed by atoms with Crippen molar-refractivity contribution in [2.75, 3.05) is 6.54 Å². The van der Waals surface area contributed by atoms with E-state index in [0.717, 1.165) is 18.4 Å². The van der Waals surface area contributed by atoms with Crippen molar-refractivity contribution < 1.29 is 0 Å². The third-order valence-corrected chi connectivity index (χ3v) is 4.20. The van der Waals surface area contributed by atoms with Crippen LogP contribution in [0.4, 0.5) is 0 Å². The molecule has 2 aliphatic carbocycles. The normalized spacial score (nSPS) is 23.2. The molecule has 1 N–H and O–H groups in total. The minimum atomic E-state index is 0.850. The summed E-state index contributed by atoms with van der Waals surface area (Å²) in [7, 11) is 0. The lowest BCUT2D eigenvalue weighted by molar-refractivity contribution is 0.440. The summed E-state index contributed by atoms with van der Waals surface area (Å²) in [4.78, 5) is 0. The number of nitrogens with one attached hydrogen (secondary N) is 1. The van der Waals surface area contributed by atoms with Gasteiger partial charge in [0.05, 0.1) is 0 Å². The van der Waals surface area contributed by atoms with Crippen molar-refractivity contribution in [2.45, 2.75) is 44.6 Å². The minimum Gasteiger partial charge on any atom is -0.312 e. The van der Waals surface area contributed by atoms with Gasteiger partial charge in [-0.2, -0.15) is 0 Å². The molecule has 0 aromatic heterocycles. The fraction of sp³-hybridized carbons (Fsp3) is 0.529. The van der Waals surface area contributed by atoms with Gasteiger partial charge in [-0.1, -0.05) is 36.4 Å². The lowest BCUT2D eigenvalue weighted by atomic mass is 9.94. The standard InChI is InChI=1S/C17H23N/c1-2-6-14(7-3-1)12-18-13-16-8-4-5-9-17(16)15-10-11-15/h1-2,4-5,8-9,14-15,18H,3,6-7,10-13H2. The molecule has 0 saturated heterocycles. The number of benzene rings is 1. The Hall–Kier alpha value is -1.08. The van der Waals surface area contributed by atoms with Crippen molar-refractivity contribution >= 4 is 0 Å². The van der Waals surface area contributed by atoms with Gasteiger partial charge in [-0.3, -0.25) is 0 Å². The first-order valence-corrected chi connectivity index (χ1v) is 7.37. The Labute approximate surface area is 110 Å². The molecule has 0 aliphatic heterocycles. The van der Waals surface area contributed by atoms with Crippen molar-refractivity contribution in [2.24, 2.45) is 5.92 Å². The Morgan fingerprint density at radius 2 is 1.94 bits per heavy atom. The van der Waals surface area contributed by atoms with E-state index < -0.39 is 0 Å². The quantitative estimate of drug-likeness (QED) is 0.768. The van der Waals surface area contributed by atoms with E-state index in [1.807, 2.05) is 0 Å². The van der Waals surface area contributed by atoms with Gasteiger partial charge in [-0.05, 0) is 61.6 Å². The summed E-state index contributed by atoms with van der Waals surface area (Å²) in [5.41, 5.74) is 3.11. The fourth-order valence-corrected chi connectivity index (χ4v) is 2.94. The summed E-state index contributed by atoms with van der Waals surface area (Å²) >= 11 is 0. The van der Waals surface area contributed by atoms with Crippen LogP contribution in [0.1, 0.15) is 49.1 Å². The molecule has 1 saturated carbocycles. The molecule has 2 aliphatic rings. The molecule has 1 aromatic carbocycles. The maximum Gasteiger partial charge on any atom is 0.0208 e. The summed E-state index contributed by atoms with van der Waals surface area (Å²) in [6, 6.07) is 8.97. The molecule has 0 spiro atoms. The van der Waals surface area contributed by atoms with Crippen LogP contribution < -0.4 is 5.32 Å². The highest BCUT2D eigenvalue weighted by Crippen LogP contribution is 2.41. The zero-order chi connectivity index (χ0) is 12.2. The van der Waals surface area contributed by atoms with Crippen molar-refractivity contribution in [1.82, 2.24) is 5.32 Å². The van der Waals surface area contributed by atoms with E-state index in [1.165, 1.54) is 44.2 Å². The van der Waals surface area contributed by atoms with Crippen molar-refractivity contribution in [1.29, 1.82) is 0 Å².